The van der Waals surface area contributed by atoms with Crippen LogP contribution in [0.25, 0.3) is 11.1 Å². The number of amides is 2. The second kappa shape index (κ2) is 21.7. The number of nitrogens with zero attached hydrogens (tertiary/aromatic N) is 1. The van der Waals surface area contributed by atoms with E-state index in [-0.39, 0.29) is 66.8 Å². The Labute approximate surface area is 369 Å². The van der Waals surface area contributed by atoms with Crippen molar-refractivity contribution < 1.29 is 38.4 Å². The normalized spacial score (nSPS) is 24.1. The van der Waals surface area contributed by atoms with Gasteiger partial charge in [-0.25, -0.2) is 0 Å². The lowest BCUT2D eigenvalue weighted by Crippen LogP contribution is -2.65. The van der Waals surface area contributed by atoms with E-state index in [0.29, 0.717) is 37.6 Å². The first-order valence-electron chi connectivity index (χ1n) is 23.1. The van der Waals surface area contributed by atoms with Gasteiger partial charge >= 0.3 is 7.12 Å². The highest BCUT2D eigenvalue weighted by Gasteiger charge is 2.68. The molecule has 3 saturated carbocycles. The van der Waals surface area contributed by atoms with Crippen LogP contribution in [0, 0.1) is 29.1 Å². The lowest BCUT2D eigenvalue weighted by molar-refractivity contribution is -0.199. The first-order valence-corrected chi connectivity index (χ1v) is 23.1. The van der Waals surface area contributed by atoms with Crippen LogP contribution in [-0.2, 0) is 34.9 Å². The molecule has 1 saturated heterocycles. The molecular formula is C48H72BN5O8. The number of pyridine rings is 1. The lowest BCUT2D eigenvalue weighted by Gasteiger charge is -2.64. The zero-order chi connectivity index (χ0) is 45.4. The van der Waals surface area contributed by atoms with E-state index in [0.717, 1.165) is 43.2 Å². The van der Waals surface area contributed by atoms with Crippen LogP contribution in [0.2, 0.25) is 5.82 Å². The van der Waals surface area contributed by atoms with Crippen molar-refractivity contribution in [1.82, 2.24) is 15.6 Å². The maximum absolute atomic E-state index is 13.8. The fraction of sp³-hybridized carbons (Fsp3) is 0.667. The topological polar surface area (TPSA) is 213 Å². The van der Waals surface area contributed by atoms with Crippen LogP contribution < -0.4 is 22.1 Å². The number of benzene rings is 1. The molecule has 1 aromatic heterocycles. The summed E-state index contributed by atoms with van der Waals surface area (Å²) >= 11 is 0. The van der Waals surface area contributed by atoms with Crippen LogP contribution in [0.1, 0.15) is 135 Å². The number of ketones is 3. The molecule has 0 spiro atoms. The maximum atomic E-state index is 13.8. The number of hydrogen-bond donors (Lipinski definition) is 5. The minimum atomic E-state index is -1.34. The highest BCUT2D eigenvalue weighted by molar-refractivity contribution is 6.47. The number of nitrogens with one attached hydrogen (secondary N) is 2. The number of carbonyl (C=O) groups excluding carboxylic acids is 5. The summed E-state index contributed by atoms with van der Waals surface area (Å²) in [5.41, 5.74) is 14.7. The van der Waals surface area contributed by atoms with E-state index in [2.05, 4.69) is 55.4 Å². The molecule has 4 aliphatic rings. The van der Waals surface area contributed by atoms with Crippen LogP contribution >= 0.6 is 0 Å². The summed E-state index contributed by atoms with van der Waals surface area (Å²) in [5, 5.41) is 16.2. The average Bonchev–Trinajstić information content (AvgIpc) is 3.61. The minimum absolute atomic E-state index is 0.00520. The first kappa shape index (κ1) is 49.2. The Morgan fingerprint density at radius 3 is 2.18 bits per heavy atom. The Morgan fingerprint density at radius 2 is 1.56 bits per heavy atom. The largest absolute Gasteiger partial charge is 0.461 e. The van der Waals surface area contributed by atoms with Gasteiger partial charge in [0.25, 0.3) is 0 Å². The van der Waals surface area contributed by atoms with Crippen molar-refractivity contribution in [2.75, 3.05) is 13.1 Å². The zero-order valence-corrected chi connectivity index (χ0v) is 38.1. The fourth-order valence-corrected chi connectivity index (χ4v) is 9.91. The summed E-state index contributed by atoms with van der Waals surface area (Å²) in [6.07, 6.45) is 7.20. The van der Waals surface area contributed by atoms with Gasteiger partial charge in [0.15, 0.2) is 17.3 Å². The summed E-state index contributed by atoms with van der Waals surface area (Å²) < 4.78 is 13.1. The quantitative estimate of drug-likeness (QED) is 0.0459. The number of aliphatic hydroxyl groups excluding tert-OH is 1. The number of nitrogens with two attached hydrogens (primary N) is 2. The first-order chi connectivity index (χ1) is 29.4. The minimum Gasteiger partial charge on any atom is -0.405 e. The molecule has 4 fully saturated rings. The van der Waals surface area contributed by atoms with Gasteiger partial charge in [0.05, 0.1) is 23.9 Å². The van der Waals surface area contributed by atoms with Crippen molar-refractivity contribution in [3.05, 3.63) is 53.9 Å². The molecule has 6 rings (SSSR count). The van der Waals surface area contributed by atoms with E-state index in [4.69, 9.17) is 20.8 Å². The van der Waals surface area contributed by atoms with Gasteiger partial charge in [-0.2, -0.15) is 0 Å². The van der Waals surface area contributed by atoms with Crippen molar-refractivity contribution in [3.63, 3.8) is 0 Å². The number of aryl methyl sites for hydroxylation is 1. The molecule has 13 nitrogen and oxygen atoms in total. The number of Topliss-reactive ketones (excluding diaryl/α,β-unsaturated/α-hetero) is 3. The number of hydrogen-bond acceptors (Lipinski definition) is 11. The number of unbranched alkanes of at least 4 members (excludes halogenated alkanes) is 2. The van der Waals surface area contributed by atoms with E-state index in [1.54, 1.807) is 19.2 Å². The number of aromatic nitrogens is 1. The van der Waals surface area contributed by atoms with Gasteiger partial charge in [-0.15, -0.1) is 0 Å². The Bertz CT molecular complexity index is 1860. The van der Waals surface area contributed by atoms with E-state index in [9.17, 15) is 29.1 Å². The molecule has 62 heavy (non-hydrogen) atoms. The van der Waals surface area contributed by atoms with Gasteiger partial charge in [-0.05, 0) is 119 Å². The lowest BCUT2D eigenvalue weighted by atomic mass is 9.43. The number of carbonyl (C=O) groups is 5. The van der Waals surface area contributed by atoms with Crippen LogP contribution in [0.3, 0.4) is 0 Å². The molecule has 0 radical (unpaired) electrons. The molecule has 3 aliphatic carbocycles. The Kier molecular flexibility index (Phi) is 17.2. The average molecular weight is 858 g/mol. The van der Waals surface area contributed by atoms with E-state index in [1.807, 2.05) is 25.1 Å². The molecule has 2 amide bonds. The highest BCUT2D eigenvalue weighted by Crippen LogP contribution is 2.66. The highest BCUT2D eigenvalue weighted by atomic mass is 16.7. The van der Waals surface area contributed by atoms with E-state index in [1.165, 1.54) is 12.5 Å². The monoisotopic (exact) mass is 858 g/mol. The molecular weight excluding hydrogens is 785 g/mol. The van der Waals surface area contributed by atoms with Crippen molar-refractivity contribution in [2.45, 2.75) is 161 Å². The van der Waals surface area contributed by atoms with Gasteiger partial charge in [0.1, 0.15) is 11.7 Å². The Balaban J connectivity index is 1.15. The number of rotatable bonds is 25. The summed E-state index contributed by atoms with van der Waals surface area (Å²) in [5.74, 6) is -3.16. The second-order valence-electron chi connectivity index (χ2n) is 19.3. The zero-order valence-electron chi connectivity index (χ0n) is 38.1. The predicted molar refractivity (Wildman–Crippen MR) is 241 cm³/mol. The Hall–Kier alpha value is -3.82. The van der Waals surface area contributed by atoms with Crippen molar-refractivity contribution in [3.8, 4) is 11.1 Å². The fourth-order valence-electron chi connectivity index (χ4n) is 9.91. The molecule has 7 N–H and O–H groups in total. The third-order valence-electron chi connectivity index (χ3n) is 14.2. The summed E-state index contributed by atoms with van der Waals surface area (Å²) in [6, 6.07) is 9.60. The van der Waals surface area contributed by atoms with Gasteiger partial charge in [-0.1, -0.05) is 71.4 Å². The van der Waals surface area contributed by atoms with E-state index < -0.39 is 60.3 Å². The molecule has 10 atom stereocenters. The third-order valence-corrected chi connectivity index (χ3v) is 14.2. The molecule has 1 aliphatic heterocycles. The Morgan fingerprint density at radius 1 is 0.855 bits per heavy atom. The molecule has 1 aromatic carbocycles. The van der Waals surface area contributed by atoms with Crippen molar-refractivity contribution >= 4 is 36.3 Å². The SMILES string of the molecule is CCCCc1ccc(-c2ccc(C(=O)C[C@@H](CCN)C(=O)N[C@H](C(=O)C[C@@H](C)C(=O)N[C@@H](CCCCN)C(=O)C[C@@H](C)B3OC4C[C@@H]5C[C@@H](C5(C)C)[C@]4(C)O3)[C@@H](C)O)nc2)cc1. The van der Waals surface area contributed by atoms with Crippen LogP contribution in [0.4, 0.5) is 0 Å². The standard InChI is InChI=1S/C48H72BN5O8/c1-8-9-12-32-14-16-33(17-15-32)35-18-19-37(52-28-35)40(57)25-34(20-22-51)46(60)54-44(31(4)55)41(58)23-29(2)45(59)53-38(13-10-11-21-50)39(56)24-30(3)49-61-43-27-36-26-42(47(36,5)6)48(43,7)62-49/h14-19,28-31,34,36,38,42-44,55H,8-13,20-27,50-51H2,1-7H3,(H,53,59)(H,54,60)/t29-,30-,31-,34-,36+,38+,42+,43?,44+,48+/m1/s1. The molecule has 2 bridgehead atoms. The predicted octanol–water partition coefficient (Wildman–Crippen LogP) is 5.78. The smallest absolute Gasteiger partial charge is 0.405 e. The summed E-state index contributed by atoms with van der Waals surface area (Å²) in [6.45, 7) is 14.4. The van der Waals surface area contributed by atoms with Crippen LogP contribution in [0.5, 0.6) is 0 Å². The van der Waals surface area contributed by atoms with Gasteiger partial charge in [0.2, 0.25) is 11.8 Å². The van der Waals surface area contributed by atoms with Gasteiger partial charge in [-0.3, -0.25) is 29.0 Å². The number of aliphatic hydroxyl groups is 1. The van der Waals surface area contributed by atoms with Gasteiger partial charge < -0.3 is 36.5 Å². The third kappa shape index (κ3) is 11.7. The molecule has 1 unspecified atom stereocenters. The maximum Gasteiger partial charge on any atom is 0.461 e. The van der Waals surface area contributed by atoms with Crippen LogP contribution in [0.15, 0.2) is 42.6 Å². The van der Waals surface area contributed by atoms with E-state index >= 15 is 0 Å². The molecule has 2 aromatic rings. The van der Waals surface area contributed by atoms with Crippen LogP contribution in [-0.4, -0.2) is 89.4 Å². The molecule has 340 valence electrons. The summed E-state index contributed by atoms with van der Waals surface area (Å²) in [4.78, 5) is 72.4. The molecule has 2 heterocycles. The van der Waals surface area contributed by atoms with Crippen molar-refractivity contribution in [1.29, 1.82) is 0 Å². The van der Waals surface area contributed by atoms with Crippen molar-refractivity contribution in [2.24, 2.45) is 40.6 Å². The summed E-state index contributed by atoms with van der Waals surface area (Å²) in [7, 11) is -0.525. The van der Waals surface area contributed by atoms with Gasteiger partial charge in [0, 0.05) is 42.9 Å². The second-order valence-corrected chi connectivity index (χ2v) is 19.3. The molecule has 14 heteroatoms.